The number of aliphatic hydroxyl groups is 1. The number of methoxy groups -OCH3 is 2. The minimum absolute atomic E-state index is 0.273. The van der Waals surface area contributed by atoms with Crippen molar-refractivity contribution in [3.8, 4) is 17.2 Å². The van der Waals surface area contributed by atoms with Gasteiger partial charge in [0.25, 0.3) is 0 Å². The Morgan fingerprint density at radius 2 is 1.55 bits per heavy atom. The van der Waals surface area contributed by atoms with Crippen LogP contribution in [0.4, 0.5) is 0 Å². The molecule has 0 heterocycles. The number of hydrogen-bond donors (Lipinski definition) is 2. The van der Waals surface area contributed by atoms with E-state index in [-0.39, 0.29) is 6.61 Å². The van der Waals surface area contributed by atoms with Crippen molar-refractivity contribution in [2.75, 3.05) is 27.4 Å². The van der Waals surface area contributed by atoms with Crippen molar-refractivity contribution >= 4 is 0 Å². The van der Waals surface area contributed by atoms with Gasteiger partial charge in [0.2, 0.25) is 0 Å². The molecule has 4 aliphatic carbocycles. The molecule has 33 heavy (non-hydrogen) atoms. The van der Waals surface area contributed by atoms with Crippen LogP contribution in [0.1, 0.15) is 49.7 Å². The second-order valence-electron chi connectivity index (χ2n) is 10.5. The van der Waals surface area contributed by atoms with Crippen molar-refractivity contribution in [2.24, 2.45) is 17.8 Å². The fraction of sp³-hybridized carbons (Fsp3) is 0.571. The molecule has 0 aromatic heterocycles. The third-order valence-corrected chi connectivity index (χ3v) is 8.10. The normalized spacial score (nSPS) is 28.5. The Bertz CT molecular complexity index is 906. The number of ether oxygens (including phenoxy) is 3. The highest BCUT2D eigenvalue weighted by Gasteiger charge is 2.51. The predicted molar refractivity (Wildman–Crippen MR) is 129 cm³/mol. The maximum atomic E-state index is 10.3. The third-order valence-electron chi connectivity index (χ3n) is 8.10. The monoisotopic (exact) mass is 451 g/mol. The Labute approximate surface area is 197 Å². The van der Waals surface area contributed by atoms with Gasteiger partial charge in [-0.15, -0.1) is 0 Å². The van der Waals surface area contributed by atoms with Crippen LogP contribution in [0.15, 0.2) is 42.5 Å². The van der Waals surface area contributed by atoms with Gasteiger partial charge in [-0.2, -0.15) is 0 Å². The van der Waals surface area contributed by atoms with Gasteiger partial charge in [0.1, 0.15) is 18.5 Å². The van der Waals surface area contributed by atoms with E-state index >= 15 is 0 Å². The minimum atomic E-state index is -0.576. The molecule has 1 unspecified atom stereocenters. The maximum Gasteiger partial charge on any atom is 0.161 e. The minimum Gasteiger partial charge on any atom is -0.493 e. The Morgan fingerprint density at radius 3 is 2.15 bits per heavy atom. The molecule has 1 atom stereocenters. The van der Waals surface area contributed by atoms with Crippen LogP contribution in [0.5, 0.6) is 17.2 Å². The average Bonchev–Trinajstić information content (AvgIpc) is 2.82. The first-order valence-electron chi connectivity index (χ1n) is 12.4. The largest absolute Gasteiger partial charge is 0.493 e. The molecular weight excluding hydrogens is 414 g/mol. The maximum absolute atomic E-state index is 10.3. The topological polar surface area (TPSA) is 60.0 Å². The second-order valence-corrected chi connectivity index (χ2v) is 10.5. The van der Waals surface area contributed by atoms with Crippen molar-refractivity contribution < 1.29 is 19.3 Å². The lowest BCUT2D eigenvalue weighted by molar-refractivity contribution is -0.00521. The smallest absolute Gasteiger partial charge is 0.161 e. The van der Waals surface area contributed by atoms with Crippen LogP contribution in [0, 0.1) is 17.8 Å². The summed E-state index contributed by atoms with van der Waals surface area (Å²) in [5, 5.41) is 13.6. The molecule has 5 nitrogen and oxygen atoms in total. The fourth-order valence-electron chi connectivity index (χ4n) is 6.99. The number of nitrogens with one attached hydrogen (secondary N) is 1. The quantitative estimate of drug-likeness (QED) is 0.548. The Balaban J connectivity index is 1.09. The lowest BCUT2D eigenvalue weighted by Gasteiger charge is -2.57. The van der Waals surface area contributed by atoms with E-state index in [1.807, 2.05) is 18.2 Å². The average molecular weight is 452 g/mol. The first-order chi connectivity index (χ1) is 16.1. The standard InChI is InChI=1S/C28H37NO4/c1-31-26-8-3-19(12-27(26)32-2)16-29-17-24(30)18-33-25-6-4-23(5-7-25)28-13-20-9-21(14-28)11-22(10-20)15-28/h3-8,12,20-22,24,29-30H,9-11,13-18H2,1-2H3. The molecule has 0 aliphatic heterocycles. The van der Waals surface area contributed by atoms with E-state index in [0.29, 0.717) is 30.0 Å². The SMILES string of the molecule is COc1ccc(CNCC(O)COc2ccc(C34CC5CC(CC(C5)C3)C4)cc2)cc1OC. The molecule has 4 saturated carbocycles. The van der Waals surface area contributed by atoms with Crippen LogP contribution in [-0.2, 0) is 12.0 Å². The van der Waals surface area contributed by atoms with E-state index in [9.17, 15) is 5.11 Å². The van der Waals surface area contributed by atoms with Gasteiger partial charge < -0.3 is 24.6 Å². The summed E-state index contributed by atoms with van der Waals surface area (Å²) in [7, 11) is 3.26. The second kappa shape index (κ2) is 9.55. The van der Waals surface area contributed by atoms with Crippen molar-refractivity contribution in [3.63, 3.8) is 0 Å². The summed E-state index contributed by atoms with van der Waals surface area (Å²) in [5.74, 6) is 5.11. The summed E-state index contributed by atoms with van der Waals surface area (Å²) in [5.41, 5.74) is 2.99. The van der Waals surface area contributed by atoms with Gasteiger partial charge in [0.05, 0.1) is 14.2 Å². The van der Waals surface area contributed by atoms with Crippen LogP contribution in [0.25, 0.3) is 0 Å². The molecule has 2 aromatic carbocycles. The van der Waals surface area contributed by atoms with Crippen LogP contribution < -0.4 is 19.5 Å². The first-order valence-corrected chi connectivity index (χ1v) is 12.4. The van der Waals surface area contributed by atoms with Crippen molar-refractivity contribution in [2.45, 2.75) is 56.6 Å². The lowest BCUT2D eigenvalue weighted by atomic mass is 9.48. The molecule has 178 valence electrons. The highest BCUT2D eigenvalue weighted by atomic mass is 16.5. The van der Waals surface area contributed by atoms with E-state index in [4.69, 9.17) is 14.2 Å². The van der Waals surface area contributed by atoms with Crippen molar-refractivity contribution in [3.05, 3.63) is 53.6 Å². The van der Waals surface area contributed by atoms with Crippen molar-refractivity contribution in [1.29, 1.82) is 0 Å². The zero-order chi connectivity index (χ0) is 22.8. The van der Waals surface area contributed by atoms with E-state index in [1.54, 1.807) is 14.2 Å². The predicted octanol–water partition coefficient (Wildman–Crippen LogP) is 4.70. The summed E-state index contributed by atoms with van der Waals surface area (Å²) in [4.78, 5) is 0. The summed E-state index contributed by atoms with van der Waals surface area (Å²) < 4.78 is 16.5. The lowest BCUT2D eigenvalue weighted by Crippen LogP contribution is -2.48. The Kier molecular flexibility index (Phi) is 6.53. The van der Waals surface area contributed by atoms with Crippen LogP contribution in [0.3, 0.4) is 0 Å². The molecule has 6 rings (SSSR count). The van der Waals surface area contributed by atoms with E-state index in [2.05, 4.69) is 29.6 Å². The van der Waals surface area contributed by atoms with E-state index < -0.39 is 6.10 Å². The van der Waals surface area contributed by atoms with Gasteiger partial charge in [0.15, 0.2) is 11.5 Å². The zero-order valence-corrected chi connectivity index (χ0v) is 19.9. The molecule has 0 spiro atoms. The molecule has 0 radical (unpaired) electrons. The molecule has 0 saturated heterocycles. The highest BCUT2D eigenvalue weighted by molar-refractivity contribution is 5.42. The Hall–Kier alpha value is -2.24. The van der Waals surface area contributed by atoms with Crippen molar-refractivity contribution in [1.82, 2.24) is 5.32 Å². The number of benzene rings is 2. The molecule has 4 aliphatic rings. The van der Waals surface area contributed by atoms with E-state index in [1.165, 1.54) is 44.1 Å². The highest BCUT2D eigenvalue weighted by Crippen LogP contribution is 2.60. The van der Waals surface area contributed by atoms with Crippen LogP contribution in [-0.4, -0.2) is 38.6 Å². The van der Waals surface area contributed by atoms with Crippen LogP contribution in [0.2, 0.25) is 0 Å². The van der Waals surface area contributed by atoms with E-state index in [0.717, 1.165) is 29.1 Å². The number of aliphatic hydroxyl groups excluding tert-OH is 1. The van der Waals surface area contributed by atoms with Gasteiger partial charge in [0, 0.05) is 13.1 Å². The van der Waals surface area contributed by atoms with Gasteiger partial charge in [-0.05, 0) is 97.1 Å². The molecule has 4 fully saturated rings. The number of rotatable bonds is 10. The molecule has 5 heteroatoms. The van der Waals surface area contributed by atoms with Crippen LogP contribution >= 0.6 is 0 Å². The van der Waals surface area contributed by atoms with Gasteiger partial charge in [-0.3, -0.25) is 0 Å². The van der Waals surface area contributed by atoms with Gasteiger partial charge in [-0.25, -0.2) is 0 Å². The fourth-order valence-corrected chi connectivity index (χ4v) is 6.99. The summed E-state index contributed by atoms with van der Waals surface area (Å²) in [6.07, 6.45) is 7.97. The molecular formula is C28H37NO4. The summed E-state index contributed by atoms with van der Waals surface area (Å²) in [6.45, 7) is 1.37. The van der Waals surface area contributed by atoms with Gasteiger partial charge >= 0.3 is 0 Å². The summed E-state index contributed by atoms with van der Waals surface area (Å²) >= 11 is 0. The number of hydrogen-bond acceptors (Lipinski definition) is 5. The summed E-state index contributed by atoms with van der Waals surface area (Å²) in [6, 6.07) is 14.6. The molecule has 0 amide bonds. The third kappa shape index (κ3) is 4.85. The molecule has 2 aromatic rings. The Morgan fingerprint density at radius 1 is 0.909 bits per heavy atom. The first kappa shape index (κ1) is 22.5. The molecule has 2 N–H and O–H groups in total. The zero-order valence-electron chi connectivity index (χ0n) is 19.9. The molecule has 4 bridgehead atoms. The van der Waals surface area contributed by atoms with Gasteiger partial charge in [-0.1, -0.05) is 18.2 Å².